The van der Waals surface area contributed by atoms with E-state index in [-0.39, 0.29) is 18.1 Å². The van der Waals surface area contributed by atoms with Crippen LogP contribution in [0.2, 0.25) is 0 Å². The minimum absolute atomic E-state index is 0.152. The Morgan fingerprint density at radius 3 is 2.64 bits per heavy atom. The van der Waals surface area contributed by atoms with Gasteiger partial charge in [0, 0.05) is 4.90 Å². The van der Waals surface area contributed by atoms with Crippen molar-refractivity contribution in [3.05, 3.63) is 59.7 Å². The summed E-state index contributed by atoms with van der Waals surface area (Å²) in [7, 11) is 1.59. The fourth-order valence-electron chi connectivity index (χ4n) is 2.47. The minimum Gasteiger partial charge on any atom is -0.497 e. The van der Waals surface area contributed by atoms with Crippen molar-refractivity contribution in [1.29, 1.82) is 0 Å². The zero-order valence-corrected chi connectivity index (χ0v) is 15.0. The van der Waals surface area contributed by atoms with Gasteiger partial charge in [-0.1, -0.05) is 30.3 Å². The van der Waals surface area contributed by atoms with Gasteiger partial charge in [-0.05, 0) is 36.2 Å². The van der Waals surface area contributed by atoms with E-state index in [0.717, 1.165) is 21.8 Å². The molecule has 2 rings (SSSR count). The first kappa shape index (κ1) is 18.9. The highest BCUT2D eigenvalue weighted by atomic mass is 32.2. The van der Waals surface area contributed by atoms with Crippen molar-refractivity contribution < 1.29 is 19.4 Å². The maximum atomic E-state index is 12.3. The number of thioether (sulfide) groups is 1. The SMILES string of the molecule is COc1cccc(SCC(=O)NC(CC(=O)O)c2ccccc2C)c1. The molecule has 5 nitrogen and oxygen atoms in total. The third kappa shape index (κ3) is 5.83. The molecule has 0 spiro atoms. The highest BCUT2D eigenvalue weighted by Gasteiger charge is 2.19. The fraction of sp³-hybridized carbons (Fsp3) is 0.263. The summed E-state index contributed by atoms with van der Waals surface area (Å²) in [6.07, 6.45) is -0.152. The number of aliphatic carboxylic acids is 1. The standard InChI is InChI=1S/C19H21NO4S/c1-13-6-3-4-9-16(13)17(11-19(22)23)20-18(21)12-25-15-8-5-7-14(10-15)24-2/h3-10,17H,11-12H2,1-2H3,(H,20,21)(H,22,23). The van der Waals surface area contributed by atoms with Crippen LogP contribution in [0.1, 0.15) is 23.6 Å². The highest BCUT2D eigenvalue weighted by Crippen LogP contribution is 2.24. The van der Waals surface area contributed by atoms with Gasteiger partial charge in [-0.15, -0.1) is 11.8 Å². The molecule has 0 saturated heterocycles. The zero-order chi connectivity index (χ0) is 18.2. The van der Waals surface area contributed by atoms with Gasteiger partial charge in [0.2, 0.25) is 5.91 Å². The molecule has 0 aliphatic carbocycles. The van der Waals surface area contributed by atoms with Gasteiger partial charge in [0.25, 0.3) is 0 Å². The van der Waals surface area contributed by atoms with Gasteiger partial charge in [-0.3, -0.25) is 9.59 Å². The van der Waals surface area contributed by atoms with Crippen molar-refractivity contribution in [2.45, 2.75) is 24.3 Å². The first-order valence-corrected chi connectivity index (χ1v) is 8.81. The van der Waals surface area contributed by atoms with Crippen LogP contribution in [-0.2, 0) is 9.59 Å². The molecule has 6 heteroatoms. The van der Waals surface area contributed by atoms with Gasteiger partial charge < -0.3 is 15.2 Å². The van der Waals surface area contributed by atoms with Gasteiger partial charge in [0.15, 0.2) is 0 Å². The summed E-state index contributed by atoms with van der Waals surface area (Å²) < 4.78 is 5.16. The van der Waals surface area contributed by atoms with Crippen molar-refractivity contribution in [3.63, 3.8) is 0 Å². The molecule has 1 amide bonds. The molecule has 1 unspecified atom stereocenters. The molecule has 0 aliphatic heterocycles. The topological polar surface area (TPSA) is 75.6 Å². The molecule has 0 aromatic heterocycles. The molecule has 132 valence electrons. The number of hydrogen-bond acceptors (Lipinski definition) is 4. The number of hydrogen-bond donors (Lipinski definition) is 2. The Morgan fingerprint density at radius 1 is 1.20 bits per heavy atom. The second-order valence-corrected chi connectivity index (χ2v) is 6.59. The van der Waals surface area contributed by atoms with Gasteiger partial charge in [-0.2, -0.15) is 0 Å². The molecule has 1 atom stereocenters. The maximum Gasteiger partial charge on any atom is 0.305 e. The molecule has 2 N–H and O–H groups in total. The quantitative estimate of drug-likeness (QED) is 0.706. The van der Waals surface area contributed by atoms with Gasteiger partial charge >= 0.3 is 5.97 Å². The van der Waals surface area contributed by atoms with Gasteiger partial charge in [0.1, 0.15) is 5.75 Å². The van der Waals surface area contributed by atoms with Crippen LogP contribution in [0.3, 0.4) is 0 Å². The summed E-state index contributed by atoms with van der Waals surface area (Å²) in [6.45, 7) is 1.90. The molecule has 2 aromatic rings. The Labute approximate surface area is 151 Å². The molecule has 0 fully saturated rings. The van der Waals surface area contributed by atoms with E-state index in [1.807, 2.05) is 55.5 Å². The number of carboxylic acid groups (broad SMARTS) is 1. The lowest BCUT2D eigenvalue weighted by Crippen LogP contribution is -2.31. The third-order valence-corrected chi connectivity index (χ3v) is 4.68. The molecule has 0 radical (unpaired) electrons. The first-order valence-electron chi connectivity index (χ1n) is 7.83. The van der Waals surface area contributed by atoms with Crippen LogP contribution < -0.4 is 10.1 Å². The van der Waals surface area contributed by atoms with Crippen LogP contribution in [0.25, 0.3) is 0 Å². The molecule has 25 heavy (non-hydrogen) atoms. The largest absolute Gasteiger partial charge is 0.497 e. The molecule has 2 aromatic carbocycles. The second kappa shape index (κ2) is 9.13. The first-order chi connectivity index (χ1) is 12.0. The molecule has 0 saturated carbocycles. The summed E-state index contributed by atoms with van der Waals surface area (Å²) in [5.74, 6) is -0.222. The number of carbonyl (C=O) groups is 2. The molecular formula is C19H21NO4S. The van der Waals surface area contributed by atoms with E-state index in [0.29, 0.717) is 0 Å². The number of benzene rings is 2. The maximum absolute atomic E-state index is 12.3. The average Bonchev–Trinajstić information content (AvgIpc) is 2.59. The lowest BCUT2D eigenvalue weighted by Gasteiger charge is -2.19. The fourth-order valence-corrected chi connectivity index (χ4v) is 3.22. The van der Waals surface area contributed by atoms with Crippen LogP contribution in [-0.4, -0.2) is 29.8 Å². The van der Waals surface area contributed by atoms with E-state index in [2.05, 4.69) is 5.32 Å². The number of amides is 1. The van der Waals surface area contributed by atoms with Crippen molar-refractivity contribution in [2.24, 2.45) is 0 Å². The normalized spacial score (nSPS) is 11.6. The summed E-state index contributed by atoms with van der Waals surface area (Å²) in [5, 5.41) is 12.0. The Hall–Kier alpha value is -2.47. The van der Waals surface area contributed by atoms with E-state index in [1.165, 1.54) is 11.8 Å². The van der Waals surface area contributed by atoms with Crippen LogP contribution in [0.15, 0.2) is 53.4 Å². The van der Waals surface area contributed by atoms with E-state index < -0.39 is 12.0 Å². The van der Waals surface area contributed by atoms with E-state index in [1.54, 1.807) is 7.11 Å². The van der Waals surface area contributed by atoms with E-state index in [4.69, 9.17) is 9.84 Å². The second-order valence-electron chi connectivity index (χ2n) is 5.54. The summed E-state index contributed by atoms with van der Waals surface area (Å²) >= 11 is 1.38. The van der Waals surface area contributed by atoms with Crippen LogP contribution in [0.4, 0.5) is 0 Å². The number of carboxylic acids is 1. The average molecular weight is 359 g/mol. The van der Waals surface area contributed by atoms with E-state index >= 15 is 0 Å². The number of rotatable bonds is 8. The number of aryl methyl sites for hydroxylation is 1. The minimum atomic E-state index is -0.950. The molecule has 0 aliphatic rings. The Bertz CT molecular complexity index is 748. The zero-order valence-electron chi connectivity index (χ0n) is 14.2. The van der Waals surface area contributed by atoms with Gasteiger partial charge in [-0.25, -0.2) is 0 Å². The summed E-state index contributed by atoms with van der Waals surface area (Å²) in [5.41, 5.74) is 1.78. The Kier molecular flexibility index (Phi) is 6.89. The predicted octanol–water partition coefficient (Wildman–Crippen LogP) is 3.43. The molecular weight excluding hydrogens is 338 g/mol. The smallest absolute Gasteiger partial charge is 0.305 e. The highest BCUT2D eigenvalue weighted by molar-refractivity contribution is 8.00. The van der Waals surface area contributed by atoms with Gasteiger partial charge in [0.05, 0.1) is 25.3 Å². The Morgan fingerprint density at radius 2 is 1.96 bits per heavy atom. The lowest BCUT2D eigenvalue weighted by atomic mass is 9.99. The van der Waals surface area contributed by atoms with Crippen molar-refractivity contribution in [3.8, 4) is 5.75 Å². The number of methoxy groups -OCH3 is 1. The molecule has 0 heterocycles. The number of nitrogens with one attached hydrogen (secondary N) is 1. The lowest BCUT2D eigenvalue weighted by molar-refractivity contribution is -0.137. The monoisotopic (exact) mass is 359 g/mol. The molecule has 0 bridgehead atoms. The van der Waals surface area contributed by atoms with E-state index in [9.17, 15) is 9.59 Å². The van der Waals surface area contributed by atoms with Crippen molar-refractivity contribution in [2.75, 3.05) is 12.9 Å². The Balaban J connectivity index is 2.01. The van der Waals surface area contributed by atoms with Crippen LogP contribution >= 0.6 is 11.8 Å². The number of ether oxygens (including phenoxy) is 1. The number of carbonyl (C=O) groups excluding carboxylic acids is 1. The summed E-state index contributed by atoms with van der Waals surface area (Å²) in [6, 6.07) is 14.4. The summed E-state index contributed by atoms with van der Waals surface area (Å²) in [4.78, 5) is 24.4. The third-order valence-electron chi connectivity index (χ3n) is 3.69. The predicted molar refractivity (Wildman–Crippen MR) is 98.0 cm³/mol. The van der Waals surface area contributed by atoms with Crippen LogP contribution in [0.5, 0.6) is 5.75 Å². The van der Waals surface area contributed by atoms with Crippen LogP contribution in [0, 0.1) is 6.92 Å². The van der Waals surface area contributed by atoms with Crippen molar-refractivity contribution >= 4 is 23.6 Å². The van der Waals surface area contributed by atoms with Crippen molar-refractivity contribution in [1.82, 2.24) is 5.32 Å².